The van der Waals surface area contributed by atoms with Crippen LogP contribution < -0.4 is 5.32 Å². The summed E-state index contributed by atoms with van der Waals surface area (Å²) < 4.78 is 38.2. The van der Waals surface area contributed by atoms with E-state index in [0.717, 1.165) is 38.1 Å². The van der Waals surface area contributed by atoms with E-state index >= 15 is 0 Å². The number of benzene rings is 1. The molecule has 0 amide bonds. The summed E-state index contributed by atoms with van der Waals surface area (Å²) in [5.74, 6) is 0.542. The number of rotatable bonds is 5. The topological polar surface area (TPSA) is 35.5 Å². The number of aliphatic hydroxyl groups is 1. The number of hydrogen-bond donors (Lipinski definition) is 2. The van der Waals surface area contributed by atoms with E-state index < -0.39 is 17.8 Å². The van der Waals surface area contributed by atoms with Crippen LogP contribution in [0.15, 0.2) is 24.3 Å². The van der Waals surface area contributed by atoms with Crippen molar-refractivity contribution < 1.29 is 18.3 Å². The van der Waals surface area contributed by atoms with E-state index in [1.54, 1.807) is 0 Å². The van der Waals surface area contributed by atoms with Crippen molar-refractivity contribution in [3.05, 3.63) is 35.4 Å². The summed E-state index contributed by atoms with van der Waals surface area (Å²) in [7, 11) is 2.10. The zero-order valence-corrected chi connectivity index (χ0v) is 13.6. The van der Waals surface area contributed by atoms with E-state index in [4.69, 9.17) is 0 Å². The Morgan fingerprint density at radius 1 is 1.30 bits per heavy atom. The summed E-state index contributed by atoms with van der Waals surface area (Å²) in [4.78, 5) is 2.29. The third-order valence-corrected chi connectivity index (χ3v) is 4.70. The molecule has 1 aliphatic heterocycles. The highest BCUT2D eigenvalue weighted by Crippen LogP contribution is 2.30. The number of halogens is 3. The number of likely N-dealkylation sites (tertiary alicyclic amines) is 1. The highest BCUT2D eigenvalue weighted by molar-refractivity contribution is 5.27. The highest BCUT2D eigenvalue weighted by Gasteiger charge is 2.31. The summed E-state index contributed by atoms with van der Waals surface area (Å²) in [5.41, 5.74) is -0.430. The van der Waals surface area contributed by atoms with E-state index in [0.29, 0.717) is 11.5 Å². The van der Waals surface area contributed by atoms with Crippen molar-refractivity contribution in [2.75, 3.05) is 26.7 Å². The Kier molecular flexibility index (Phi) is 6.06. The maximum Gasteiger partial charge on any atom is 0.416 e. The lowest BCUT2D eigenvalue weighted by Crippen LogP contribution is -2.41. The fraction of sp³-hybridized carbons (Fsp3) is 0.647. The standard InChI is InChI=1S/C17H25F3N2O/c1-12(13-6-8-22(2)9-7-13)21-11-16(23)14-4-3-5-15(10-14)17(18,19)20/h3-5,10,12-13,16,21,23H,6-9,11H2,1-2H3. The first-order valence-corrected chi connectivity index (χ1v) is 8.04. The average Bonchev–Trinajstić information content (AvgIpc) is 2.52. The Hall–Kier alpha value is -1.11. The molecule has 0 spiro atoms. The molecule has 2 atom stereocenters. The van der Waals surface area contributed by atoms with E-state index in [1.165, 1.54) is 12.1 Å². The SMILES string of the molecule is CC(NCC(O)c1cccc(C(F)(F)F)c1)C1CCN(C)CC1. The number of nitrogens with zero attached hydrogens (tertiary/aromatic N) is 1. The van der Waals surface area contributed by atoms with Crippen molar-refractivity contribution in [1.29, 1.82) is 0 Å². The molecular formula is C17H25F3N2O. The van der Waals surface area contributed by atoms with Crippen molar-refractivity contribution in [2.24, 2.45) is 5.92 Å². The van der Waals surface area contributed by atoms with Crippen molar-refractivity contribution in [3.8, 4) is 0 Å². The Balaban J connectivity index is 1.88. The molecule has 6 heteroatoms. The van der Waals surface area contributed by atoms with E-state index in [2.05, 4.69) is 24.2 Å². The molecule has 1 saturated heterocycles. The molecule has 2 N–H and O–H groups in total. The van der Waals surface area contributed by atoms with Crippen LogP contribution in [0.5, 0.6) is 0 Å². The summed E-state index contributed by atoms with van der Waals surface area (Å²) >= 11 is 0. The Labute approximate surface area is 135 Å². The molecule has 3 nitrogen and oxygen atoms in total. The first kappa shape index (κ1) is 18.2. The predicted molar refractivity (Wildman–Crippen MR) is 84.1 cm³/mol. The summed E-state index contributed by atoms with van der Waals surface area (Å²) in [6.07, 6.45) is -3.12. The van der Waals surface area contributed by atoms with Gasteiger partial charge in [-0.1, -0.05) is 12.1 Å². The molecule has 0 saturated carbocycles. The molecule has 0 aromatic heterocycles. The molecule has 23 heavy (non-hydrogen) atoms. The minimum absolute atomic E-state index is 0.240. The molecule has 1 aromatic carbocycles. The van der Waals surface area contributed by atoms with Gasteiger partial charge in [0, 0.05) is 12.6 Å². The van der Waals surface area contributed by atoms with E-state index in [9.17, 15) is 18.3 Å². The third-order valence-electron chi connectivity index (χ3n) is 4.70. The molecule has 1 aliphatic rings. The zero-order valence-electron chi connectivity index (χ0n) is 13.6. The first-order valence-electron chi connectivity index (χ1n) is 8.04. The van der Waals surface area contributed by atoms with Crippen LogP contribution in [0.4, 0.5) is 13.2 Å². The van der Waals surface area contributed by atoms with Crippen LogP contribution >= 0.6 is 0 Å². The van der Waals surface area contributed by atoms with Gasteiger partial charge in [-0.25, -0.2) is 0 Å². The van der Waals surface area contributed by atoms with Gasteiger partial charge in [-0.15, -0.1) is 0 Å². The van der Waals surface area contributed by atoms with Crippen molar-refractivity contribution in [1.82, 2.24) is 10.2 Å². The fourth-order valence-electron chi connectivity index (χ4n) is 3.03. The summed E-state index contributed by atoms with van der Waals surface area (Å²) in [6, 6.07) is 5.14. The van der Waals surface area contributed by atoms with Crippen LogP contribution in [0.1, 0.15) is 37.0 Å². The lowest BCUT2D eigenvalue weighted by Gasteiger charge is -2.33. The number of hydrogen-bond acceptors (Lipinski definition) is 3. The van der Waals surface area contributed by atoms with Gasteiger partial charge < -0.3 is 15.3 Å². The maximum atomic E-state index is 12.7. The molecular weight excluding hydrogens is 305 g/mol. The molecule has 1 heterocycles. The van der Waals surface area contributed by atoms with Gasteiger partial charge in [0.2, 0.25) is 0 Å². The number of aliphatic hydroxyl groups excluding tert-OH is 1. The number of piperidine rings is 1. The second-order valence-electron chi connectivity index (χ2n) is 6.48. The van der Waals surface area contributed by atoms with E-state index in [1.807, 2.05) is 0 Å². The van der Waals surface area contributed by atoms with Gasteiger partial charge in [0.15, 0.2) is 0 Å². The first-order chi connectivity index (χ1) is 10.8. The summed E-state index contributed by atoms with van der Waals surface area (Å²) in [6.45, 7) is 4.46. The van der Waals surface area contributed by atoms with Crippen LogP contribution in [0, 0.1) is 5.92 Å². The van der Waals surface area contributed by atoms with E-state index in [-0.39, 0.29) is 12.6 Å². The van der Waals surface area contributed by atoms with Gasteiger partial charge in [0.25, 0.3) is 0 Å². The molecule has 1 fully saturated rings. The zero-order chi connectivity index (χ0) is 17.0. The minimum Gasteiger partial charge on any atom is -0.387 e. The second kappa shape index (κ2) is 7.64. The fourth-order valence-corrected chi connectivity index (χ4v) is 3.03. The van der Waals surface area contributed by atoms with Gasteiger partial charge in [0.05, 0.1) is 11.7 Å². The Morgan fingerprint density at radius 3 is 2.57 bits per heavy atom. The van der Waals surface area contributed by atoms with Crippen molar-refractivity contribution in [2.45, 2.75) is 38.1 Å². The molecule has 130 valence electrons. The lowest BCUT2D eigenvalue weighted by molar-refractivity contribution is -0.137. The van der Waals surface area contributed by atoms with Gasteiger partial charge in [-0.2, -0.15) is 13.2 Å². The minimum atomic E-state index is -4.38. The smallest absolute Gasteiger partial charge is 0.387 e. The quantitative estimate of drug-likeness (QED) is 0.871. The predicted octanol–water partition coefficient (Wildman–Crippen LogP) is 3.06. The Bertz CT molecular complexity index is 499. The second-order valence-corrected chi connectivity index (χ2v) is 6.48. The van der Waals surface area contributed by atoms with Gasteiger partial charge >= 0.3 is 6.18 Å². The van der Waals surface area contributed by atoms with Crippen LogP contribution in [-0.2, 0) is 6.18 Å². The largest absolute Gasteiger partial charge is 0.416 e. The molecule has 2 rings (SSSR count). The van der Waals surface area contributed by atoms with Gasteiger partial charge in [-0.05, 0) is 63.5 Å². The van der Waals surface area contributed by atoms with Crippen molar-refractivity contribution >= 4 is 0 Å². The van der Waals surface area contributed by atoms with Crippen LogP contribution in [0.25, 0.3) is 0 Å². The highest BCUT2D eigenvalue weighted by atomic mass is 19.4. The van der Waals surface area contributed by atoms with Gasteiger partial charge in [-0.3, -0.25) is 0 Å². The maximum absolute atomic E-state index is 12.7. The molecule has 0 aliphatic carbocycles. The van der Waals surface area contributed by atoms with Crippen molar-refractivity contribution in [3.63, 3.8) is 0 Å². The Morgan fingerprint density at radius 2 is 1.96 bits per heavy atom. The average molecular weight is 330 g/mol. The van der Waals surface area contributed by atoms with Gasteiger partial charge in [0.1, 0.15) is 0 Å². The number of nitrogens with one attached hydrogen (secondary N) is 1. The van der Waals surface area contributed by atoms with Crippen LogP contribution in [0.3, 0.4) is 0 Å². The molecule has 0 radical (unpaired) electrons. The van der Waals surface area contributed by atoms with Crippen LogP contribution in [0.2, 0.25) is 0 Å². The lowest BCUT2D eigenvalue weighted by atomic mass is 9.90. The molecule has 0 bridgehead atoms. The summed E-state index contributed by atoms with van der Waals surface area (Å²) in [5, 5.41) is 13.4. The third kappa shape index (κ3) is 5.19. The number of alkyl halides is 3. The molecule has 2 unspecified atom stereocenters. The molecule has 1 aromatic rings. The van der Waals surface area contributed by atoms with Crippen LogP contribution in [-0.4, -0.2) is 42.7 Å². The monoisotopic (exact) mass is 330 g/mol. The normalized spacial score (nSPS) is 20.4.